The van der Waals surface area contributed by atoms with Crippen LogP contribution in [0.15, 0.2) is 24.3 Å². The van der Waals surface area contributed by atoms with Gasteiger partial charge in [0.15, 0.2) is 0 Å². The predicted molar refractivity (Wildman–Crippen MR) is 61.0 cm³/mol. The van der Waals surface area contributed by atoms with E-state index in [1.165, 1.54) is 17.7 Å². The highest BCUT2D eigenvalue weighted by atomic mass is 19.1. The van der Waals surface area contributed by atoms with Crippen molar-refractivity contribution in [1.82, 2.24) is 0 Å². The van der Waals surface area contributed by atoms with Crippen molar-refractivity contribution in [3.8, 4) is 0 Å². The summed E-state index contributed by atoms with van der Waals surface area (Å²) in [6.07, 6.45) is 0. The van der Waals surface area contributed by atoms with Crippen molar-refractivity contribution in [2.45, 2.75) is 40.5 Å². The second-order valence-electron chi connectivity index (χ2n) is 3.58. The summed E-state index contributed by atoms with van der Waals surface area (Å²) in [6, 6.07) is 6.77. The molecule has 0 aliphatic rings. The molecule has 0 aliphatic carbocycles. The summed E-state index contributed by atoms with van der Waals surface area (Å²) in [5.41, 5.74) is 1.21. The van der Waals surface area contributed by atoms with Crippen molar-refractivity contribution in [2.24, 2.45) is 5.92 Å². The summed E-state index contributed by atoms with van der Waals surface area (Å²) in [7, 11) is 0. The summed E-state index contributed by atoms with van der Waals surface area (Å²) in [6.45, 7) is 10.5. The molecule has 1 aromatic carbocycles. The first-order valence-electron chi connectivity index (χ1n) is 5.36. The predicted octanol–water partition coefficient (Wildman–Crippen LogP) is 4.61. The summed E-state index contributed by atoms with van der Waals surface area (Å²) in [4.78, 5) is 0. The van der Waals surface area contributed by atoms with Crippen LogP contribution >= 0.6 is 0 Å². The molecule has 1 rings (SSSR count). The molecule has 14 heavy (non-hydrogen) atoms. The lowest BCUT2D eigenvalue weighted by molar-refractivity contribution is 0.533. The van der Waals surface area contributed by atoms with E-state index in [1.807, 2.05) is 26.0 Å². The minimum absolute atomic E-state index is 0.158. The van der Waals surface area contributed by atoms with Gasteiger partial charge < -0.3 is 0 Å². The zero-order valence-corrected chi connectivity index (χ0v) is 9.84. The van der Waals surface area contributed by atoms with Crippen LogP contribution in [0.1, 0.15) is 46.1 Å². The van der Waals surface area contributed by atoms with Crippen molar-refractivity contribution in [3.05, 3.63) is 35.6 Å². The summed E-state index contributed by atoms with van der Waals surface area (Å²) >= 11 is 0. The van der Waals surface area contributed by atoms with Gasteiger partial charge in [-0.15, -0.1) is 0 Å². The van der Waals surface area contributed by atoms with Gasteiger partial charge in [0.05, 0.1) is 0 Å². The van der Waals surface area contributed by atoms with E-state index in [0.717, 1.165) is 0 Å². The van der Waals surface area contributed by atoms with E-state index in [-0.39, 0.29) is 5.82 Å². The van der Waals surface area contributed by atoms with Crippen LogP contribution in [0.2, 0.25) is 0 Å². The molecule has 0 fully saturated rings. The van der Waals surface area contributed by atoms with E-state index in [9.17, 15) is 4.39 Å². The van der Waals surface area contributed by atoms with E-state index in [0.29, 0.717) is 11.8 Å². The SMILES string of the molecule is CC.CC(C)[C@@H](C)c1ccc(F)cc1. The van der Waals surface area contributed by atoms with Gasteiger partial charge in [-0.25, -0.2) is 4.39 Å². The highest BCUT2D eigenvalue weighted by molar-refractivity contribution is 5.20. The fourth-order valence-corrected chi connectivity index (χ4v) is 1.15. The Bertz CT molecular complexity index is 236. The molecule has 0 unspecified atom stereocenters. The monoisotopic (exact) mass is 196 g/mol. The minimum Gasteiger partial charge on any atom is -0.207 e. The molecule has 0 N–H and O–H groups in total. The Morgan fingerprint density at radius 3 is 1.71 bits per heavy atom. The van der Waals surface area contributed by atoms with Crippen molar-refractivity contribution in [3.63, 3.8) is 0 Å². The lowest BCUT2D eigenvalue weighted by Crippen LogP contribution is -2.01. The molecule has 0 nitrogen and oxygen atoms in total. The molecule has 1 heteroatoms. The third-order valence-corrected chi connectivity index (χ3v) is 2.40. The van der Waals surface area contributed by atoms with E-state index in [1.54, 1.807) is 0 Å². The first-order chi connectivity index (χ1) is 6.61. The van der Waals surface area contributed by atoms with Gasteiger partial charge in [0.1, 0.15) is 5.82 Å². The van der Waals surface area contributed by atoms with Crippen LogP contribution in [0.5, 0.6) is 0 Å². The Labute approximate surface area is 87.2 Å². The van der Waals surface area contributed by atoms with Gasteiger partial charge in [-0.3, -0.25) is 0 Å². The fraction of sp³-hybridized carbons (Fsp3) is 0.538. The highest BCUT2D eigenvalue weighted by Crippen LogP contribution is 2.23. The third-order valence-electron chi connectivity index (χ3n) is 2.40. The zero-order chi connectivity index (χ0) is 11.1. The topological polar surface area (TPSA) is 0 Å². The first-order valence-corrected chi connectivity index (χ1v) is 5.36. The van der Waals surface area contributed by atoms with Gasteiger partial charge >= 0.3 is 0 Å². The van der Waals surface area contributed by atoms with Crippen molar-refractivity contribution >= 4 is 0 Å². The lowest BCUT2D eigenvalue weighted by atomic mass is 9.90. The van der Waals surface area contributed by atoms with E-state index >= 15 is 0 Å². The largest absolute Gasteiger partial charge is 0.207 e. The first kappa shape index (κ1) is 13.2. The van der Waals surface area contributed by atoms with E-state index in [4.69, 9.17) is 0 Å². The molecule has 0 radical (unpaired) electrons. The van der Waals surface area contributed by atoms with Gasteiger partial charge in [0.25, 0.3) is 0 Å². The summed E-state index contributed by atoms with van der Waals surface area (Å²) in [5.74, 6) is 0.954. The summed E-state index contributed by atoms with van der Waals surface area (Å²) in [5, 5.41) is 0. The molecule has 0 bridgehead atoms. The maximum Gasteiger partial charge on any atom is 0.123 e. The molecule has 0 spiro atoms. The molecule has 1 atom stereocenters. The Hall–Kier alpha value is -0.850. The molecule has 1 aromatic rings. The lowest BCUT2D eigenvalue weighted by Gasteiger charge is -2.15. The Kier molecular flexibility index (Phi) is 6.18. The minimum atomic E-state index is -0.158. The van der Waals surface area contributed by atoms with Crippen LogP contribution in [-0.4, -0.2) is 0 Å². The molecule has 0 amide bonds. The van der Waals surface area contributed by atoms with Crippen molar-refractivity contribution < 1.29 is 4.39 Å². The van der Waals surface area contributed by atoms with Crippen molar-refractivity contribution in [2.75, 3.05) is 0 Å². The van der Waals surface area contributed by atoms with Crippen molar-refractivity contribution in [1.29, 1.82) is 0 Å². The number of benzene rings is 1. The quantitative estimate of drug-likeness (QED) is 0.648. The fourth-order valence-electron chi connectivity index (χ4n) is 1.15. The van der Waals surface area contributed by atoms with Crippen LogP contribution in [0.4, 0.5) is 4.39 Å². The normalized spacial score (nSPS) is 11.9. The van der Waals surface area contributed by atoms with Gasteiger partial charge in [-0.05, 0) is 29.5 Å². The van der Waals surface area contributed by atoms with Gasteiger partial charge in [-0.1, -0.05) is 46.8 Å². The standard InChI is InChI=1S/C11H15F.C2H6/c1-8(2)9(3)10-4-6-11(12)7-5-10;1-2/h4-9H,1-3H3;1-2H3/t9-;/m1./s1. The molecule has 0 saturated carbocycles. The van der Waals surface area contributed by atoms with Crippen LogP contribution in [0.3, 0.4) is 0 Å². The average molecular weight is 196 g/mol. The van der Waals surface area contributed by atoms with Gasteiger partial charge in [0.2, 0.25) is 0 Å². The van der Waals surface area contributed by atoms with Crippen LogP contribution < -0.4 is 0 Å². The van der Waals surface area contributed by atoms with Crippen LogP contribution in [-0.2, 0) is 0 Å². The maximum atomic E-state index is 12.6. The van der Waals surface area contributed by atoms with Gasteiger partial charge in [0, 0.05) is 0 Å². The second-order valence-corrected chi connectivity index (χ2v) is 3.58. The molecule has 0 aliphatic heterocycles. The Morgan fingerprint density at radius 2 is 1.36 bits per heavy atom. The van der Waals surface area contributed by atoms with Crippen LogP contribution in [0, 0.1) is 11.7 Å². The molecular weight excluding hydrogens is 175 g/mol. The number of hydrogen-bond acceptors (Lipinski definition) is 0. The number of rotatable bonds is 2. The number of halogens is 1. The molecule has 0 aromatic heterocycles. The summed E-state index contributed by atoms with van der Waals surface area (Å²) < 4.78 is 12.6. The highest BCUT2D eigenvalue weighted by Gasteiger charge is 2.08. The van der Waals surface area contributed by atoms with E-state index < -0.39 is 0 Å². The third kappa shape index (κ3) is 3.91. The van der Waals surface area contributed by atoms with Crippen LogP contribution in [0.25, 0.3) is 0 Å². The van der Waals surface area contributed by atoms with E-state index in [2.05, 4.69) is 20.8 Å². The second kappa shape index (κ2) is 6.58. The molecule has 0 heterocycles. The smallest absolute Gasteiger partial charge is 0.123 e. The number of hydrogen-bond donors (Lipinski definition) is 0. The Balaban J connectivity index is 0.000000791. The Morgan fingerprint density at radius 1 is 0.929 bits per heavy atom. The van der Waals surface area contributed by atoms with Gasteiger partial charge in [-0.2, -0.15) is 0 Å². The zero-order valence-electron chi connectivity index (χ0n) is 9.84. The molecular formula is C13H21F. The molecule has 0 saturated heterocycles. The average Bonchev–Trinajstić information content (AvgIpc) is 2.21. The maximum absolute atomic E-state index is 12.6. The molecule has 80 valence electrons.